The maximum atomic E-state index is 11.8. The molecule has 134 valence electrons. The molecule has 2 heterocycles. The van der Waals surface area contributed by atoms with Crippen molar-refractivity contribution in [2.45, 2.75) is 25.9 Å². The minimum atomic E-state index is -0.367. The summed E-state index contributed by atoms with van der Waals surface area (Å²) in [6.45, 7) is 3.95. The summed E-state index contributed by atoms with van der Waals surface area (Å²) in [6, 6.07) is 7.03. The second-order valence-electron chi connectivity index (χ2n) is 5.97. The average Bonchev–Trinajstić information content (AvgIpc) is 3.29. The molecular formula is C17H22N4O4. The zero-order valence-corrected chi connectivity index (χ0v) is 14.2. The van der Waals surface area contributed by atoms with Crippen molar-refractivity contribution in [1.82, 2.24) is 10.7 Å². The summed E-state index contributed by atoms with van der Waals surface area (Å²) >= 11 is 0. The summed E-state index contributed by atoms with van der Waals surface area (Å²) in [5.41, 5.74) is 4.68. The van der Waals surface area contributed by atoms with Crippen LogP contribution in [-0.2, 0) is 9.47 Å². The van der Waals surface area contributed by atoms with E-state index in [-0.39, 0.29) is 18.2 Å². The Bertz CT molecular complexity index is 670. The second kappa shape index (κ2) is 7.98. The Kier molecular flexibility index (Phi) is 5.49. The zero-order valence-electron chi connectivity index (χ0n) is 14.2. The molecule has 0 spiro atoms. The number of hydrogen-bond donors (Lipinski definition) is 2. The Balaban J connectivity index is 1.56. The van der Waals surface area contributed by atoms with Gasteiger partial charge in [-0.05, 0) is 37.5 Å². The summed E-state index contributed by atoms with van der Waals surface area (Å²) in [5.74, 6) is 0. The number of amides is 3. The van der Waals surface area contributed by atoms with Crippen LogP contribution in [0.2, 0.25) is 0 Å². The number of nitrogens with one attached hydrogen (secondary N) is 2. The molecule has 1 aromatic rings. The predicted octanol–water partition coefficient (Wildman–Crippen LogP) is 1.85. The Morgan fingerprint density at radius 3 is 3.00 bits per heavy atom. The van der Waals surface area contributed by atoms with E-state index in [0.717, 1.165) is 30.7 Å². The first-order valence-corrected chi connectivity index (χ1v) is 8.38. The number of hydrogen-bond acceptors (Lipinski definition) is 5. The zero-order chi connectivity index (χ0) is 17.6. The fraction of sp³-hybridized carbons (Fsp3) is 0.471. The van der Waals surface area contributed by atoms with Crippen LogP contribution in [0.4, 0.5) is 15.3 Å². The lowest BCUT2D eigenvalue weighted by molar-refractivity contribution is 0.111. The molecule has 2 fully saturated rings. The number of carbonyl (C=O) groups is 2. The Hall–Kier alpha value is -2.61. The highest BCUT2D eigenvalue weighted by molar-refractivity contribution is 6.01. The number of hydrazone groups is 1. The molecule has 0 saturated carbocycles. The SMILES string of the molecule is C/C(=N\NC(=O)NCC1CCCO1)c1cccc(N2CCOC2=O)c1. The quantitative estimate of drug-likeness (QED) is 0.629. The topological polar surface area (TPSA) is 92.3 Å². The number of nitrogens with zero attached hydrogens (tertiary/aromatic N) is 2. The van der Waals surface area contributed by atoms with Crippen LogP contribution in [-0.4, -0.2) is 50.2 Å². The number of ether oxygens (including phenoxy) is 2. The Morgan fingerprint density at radius 2 is 2.28 bits per heavy atom. The van der Waals surface area contributed by atoms with E-state index < -0.39 is 0 Å². The standard InChI is InChI=1S/C17H22N4O4/c1-12(19-20-16(22)18-11-15-6-3-8-24-15)13-4-2-5-14(10-13)21-7-9-25-17(21)23/h2,4-5,10,15H,3,6-9,11H2,1H3,(H2,18,20,22)/b19-12+. The van der Waals surface area contributed by atoms with Crippen LogP contribution in [0.3, 0.4) is 0 Å². The third-order valence-electron chi connectivity index (χ3n) is 4.18. The van der Waals surface area contributed by atoms with Gasteiger partial charge in [0.2, 0.25) is 0 Å². The normalized spacial score (nSPS) is 20.5. The molecule has 2 N–H and O–H groups in total. The van der Waals surface area contributed by atoms with Gasteiger partial charge in [0.1, 0.15) is 6.61 Å². The minimum Gasteiger partial charge on any atom is -0.447 e. The van der Waals surface area contributed by atoms with E-state index >= 15 is 0 Å². The Morgan fingerprint density at radius 1 is 1.40 bits per heavy atom. The van der Waals surface area contributed by atoms with Gasteiger partial charge in [0, 0.05) is 18.8 Å². The first-order valence-electron chi connectivity index (χ1n) is 8.38. The highest BCUT2D eigenvalue weighted by Gasteiger charge is 2.23. The molecule has 0 aromatic heterocycles. The number of rotatable bonds is 5. The molecule has 3 amide bonds. The molecule has 0 bridgehead atoms. The van der Waals surface area contributed by atoms with E-state index in [1.54, 1.807) is 11.8 Å². The van der Waals surface area contributed by atoms with Crippen molar-refractivity contribution >= 4 is 23.5 Å². The lowest BCUT2D eigenvalue weighted by Gasteiger charge is -2.14. The lowest BCUT2D eigenvalue weighted by Crippen LogP contribution is -2.37. The molecule has 1 unspecified atom stereocenters. The fourth-order valence-electron chi connectivity index (χ4n) is 2.78. The van der Waals surface area contributed by atoms with Crippen LogP contribution in [0.25, 0.3) is 0 Å². The second-order valence-corrected chi connectivity index (χ2v) is 5.97. The number of carbonyl (C=O) groups excluding carboxylic acids is 2. The molecule has 2 aliphatic rings. The average molecular weight is 346 g/mol. The Labute approximate surface area is 146 Å². The number of benzene rings is 1. The molecule has 3 rings (SSSR count). The van der Waals surface area contributed by atoms with Gasteiger partial charge in [-0.1, -0.05) is 12.1 Å². The largest absolute Gasteiger partial charge is 0.447 e. The third kappa shape index (κ3) is 4.48. The first-order chi connectivity index (χ1) is 12.1. The van der Waals surface area contributed by atoms with Gasteiger partial charge in [-0.25, -0.2) is 15.0 Å². The van der Waals surface area contributed by atoms with Crippen molar-refractivity contribution in [2.75, 3.05) is 31.2 Å². The first kappa shape index (κ1) is 17.2. The predicted molar refractivity (Wildman–Crippen MR) is 92.9 cm³/mol. The van der Waals surface area contributed by atoms with Gasteiger partial charge in [0.25, 0.3) is 0 Å². The highest BCUT2D eigenvalue weighted by Crippen LogP contribution is 2.20. The van der Waals surface area contributed by atoms with E-state index in [2.05, 4.69) is 15.8 Å². The maximum Gasteiger partial charge on any atom is 0.414 e. The van der Waals surface area contributed by atoms with Crippen LogP contribution in [0, 0.1) is 0 Å². The van der Waals surface area contributed by atoms with Crippen LogP contribution < -0.4 is 15.6 Å². The van der Waals surface area contributed by atoms with Gasteiger partial charge in [0.05, 0.1) is 18.4 Å². The van der Waals surface area contributed by atoms with Gasteiger partial charge >= 0.3 is 12.1 Å². The van der Waals surface area contributed by atoms with Crippen LogP contribution >= 0.6 is 0 Å². The van der Waals surface area contributed by atoms with Crippen molar-refractivity contribution in [3.05, 3.63) is 29.8 Å². The van der Waals surface area contributed by atoms with Gasteiger partial charge in [0.15, 0.2) is 0 Å². The summed E-state index contributed by atoms with van der Waals surface area (Å²) in [7, 11) is 0. The molecule has 2 aliphatic heterocycles. The van der Waals surface area contributed by atoms with Gasteiger partial charge in [-0.3, -0.25) is 4.90 Å². The van der Waals surface area contributed by atoms with E-state index in [9.17, 15) is 9.59 Å². The number of urea groups is 1. The van der Waals surface area contributed by atoms with E-state index in [1.807, 2.05) is 24.3 Å². The molecule has 8 nitrogen and oxygen atoms in total. The fourth-order valence-corrected chi connectivity index (χ4v) is 2.78. The van der Waals surface area contributed by atoms with Gasteiger partial charge in [-0.15, -0.1) is 0 Å². The van der Waals surface area contributed by atoms with Crippen molar-refractivity contribution < 1.29 is 19.1 Å². The van der Waals surface area contributed by atoms with Gasteiger partial charge < -0.3 is 14.8 Å². The summed E-state index contributed by atoms with van der Waals surface area (Å²) in [4.78, 5) is 25.0. The van der Waals surface area contributed by atoms with Crippen molar-refractivity contribution in [1.29, 1.82) is 0 Å². The monoisotopic (exact) mass is 346 g/mol. The lowest BCUT2D eigenvalue weighted by atomic mass is 10.1. The van der Waals surface area contributed by atoms with Crippen molar-refractivity contribution in [3.63, 3.8) is 0 Å². The summed E-state index contributed by atoms with van der Waals surface area (Å²) < 4.78 is 10.4. The molecule has 0 aliphatic carbocycles. The number of cyclic esters (lactones) is 1. The molecular weight excluding hydrogens is 324 g/mol. The molecule has 1 aromatic carbocycles. The van der Waals surface area contributed by atoms with E-state index in [1.165, 1.54) is 0 Å². The van der Waals surface area contributed by atoms with Crippen LogP contribution in [0.5, 0.6) is 0 Å². The smallest absolute Gasteiger partial charge is 0.414 e. The van der Waals surface area contributed by atoms with Crippen molar-refractivity contribution in [3.8, 4) is 0 Å². The van der Waals surface area contributed by atoms with Crippen LogP contribution in [0.1, 0.15) is 25.3 Å². The van der Waals surface area contributed by atoms with E-state index in [0.29, 0.717) is 25.4 Å². The molecule has 8 heteroatoms. The maximum absolute atomic E-state index is 11.8. The highest BCUT2D eigenvalue weighted by atomic mass is 16.6. The summed E-state index contributed by atoms with van der Waals surface area (Å²) in [6.07, 6.45) is 1.74. The molecule has 2 saturated heterocycles. The molecule has 0 radical (unpaired) electrons. The number of anilines is 1. The molecule has 1 atom stereocenters. The third-order valence-corrected chi connectivity index (χ3v) is 4.18. The minimum absolute atomic E-state index is 0.0905. The van der Waals surface area contributed by atoms with Gasteiger partial charge in [-0.2, -0.15) is 5.10 Å². The van der Waals surface area contributed by atoms with E-state index in [4.69, 9.17) is 9.47 Å². The van der Waals surface area contributed by atoms with Crippen molar-refractivity contribution in [2.24, 2.45) is 5.10 Å². The van der Waals surface area contributed by atoms with Crippen LogP contribution in [0.15, 0.2) is 29.4 Å². The molecule has 25 heavy (non-hydrogen) atoms. The summed E-state index contributed by atoms with van der Waals surface area (Å²) in [5, 5.41) is 6.85.